The second-order valence-electron chi connectivity index (χ2n) is 6.40. The van der Waals surface area contributed by atoms with Crippen molar-refractivity contribution in [2.45, 2.75) is 20.8 Å². The van der Waals surface area contributed by atoms with E-state index in [0.29, 0.717) is 5.69 Å². The summed E-state index contributed by atoms with van der Waals surface area (Å²) in [6.07, 6.45) is 3.26. The summed E-state index contributed by atoms with van der Waals surface area (Å²) in [6.45, 7) is 11.2. The molecule has 0 aliphatic carbocycles. The Hall–Kier alpha value is -2.47. The second kappa shape index (κ2) is 7.61. The molecule has 0 spiro atoms. The van der Waals surface area contributed by atoms with Crippen LogP contribution in [0.3, 0.4) is 0 Å². The molecule has 0 bridgehead atoms. The molecule has 6 heteroatoms. The van der Waals surface area contributed by atoms with Crippen molar-refractivity contribution in [1.29, 1.82) is 0 Å². The maximum atomic E-state index is 12.5. The number of hydrogen-bond donors (Lipinski definition) is 1. The zero-order valence-electron chi connectivity index (χ0n) is 15.1. The van der Waals surface area contributed by atoms with Crippen molar-refractivity contribution in [3.05, 3.63) is 47.4 Å². The highest BCUT2D eigenvalue weighted by atomic mass is 16.1. The quantitative estimate of drug-likeness (QED) is 0.927. The standard InChI is InChI=1S/C19H25N5O/c1-4-23-8-10-24(11-9-23)17-13-20-16(12-21-17)19(25)22-18-14(2)6-5-7-15(18)3/h5-7,12-13H,4,8-11H2,1-3H3,(H,22,25). The number of benzene rings is 1. The molecule has 1 aromatic carbocycles. The lowest BCUT2D eigenvalue weighted by Crippen LogP contribution is -2.46. The van der Waals surface area contributed by atoms with Gasteiger partial charge >= 0.3 is 0 Å². The van der Waals surface area contributed by atoms with Crippen LogP contribution in [0.1, 0.15) is 28.5 Å². The Balaban J connectivity index is 1.67. The number of anilines is 2. The van der Waals surface area contributed by atoms with Crippen molar-refractivity contribution in [2.75, 3.05) is 42.9 Å². The molecule has 1 aromatic heterocycles. The predicted octanol–water partition coefficient (Wildman–Crippen LogP) is 2.49. The van der Waals surface area contributed by atoms with Crippen LogP contribution in [-0.2, 0) is 0 Å². The first kappa shape index (κ1) is 17.4. The zero-order chi connectivity index (χ0) is 17.8. The van der Waals surface area contributed by atoms with Gasteiger partial charge in [0.15, 0.2) is 0 Å². The number of aryl methyl sites for hydroxylation is 2. The molecule has 2 aromatic rings. The Morgan fingerprint density at radius 3 is 2.32 bits per heavy atom. The maximum Gasteiger partial charge on any atom is 0.275 e. The molecule has 3 rings (SSSR count). The molecule has 1 N–H and O–H groups in total. The summed E-state index contributed by atoms with van der Waals surface area (Å²) in [6, 6.07) is 5.94. The minimum absolute atomic E-state index is 0.229. The minimum Gasteiger partial charge on any atom is -0.353 e. The molecule has 0 unspecified atom stereocenters. The molecule has 0 atom stereocenters. The molecule has 1 aliphatic heterocycles. The van der Waals surface area contributed by atoms with Crippen LogP contribution >= 0.6 is 0 Å². The molecular weight excluding hydrogens is 314 g/mol. The number of aromatic nitrogens is 2. The Kier molecular flexibility index (Phi) is 5.28. The Morgan fingerprint density at radius 1 is 1.08 bits per heavy atom. The average molecular weight is 339 g/mol. The molecule has 2 heterocycles. The van der Waals surface area contributed by atoms with Crippen LogP contribution in [-0.4, -0.2) is 53.5 Å². The van der Waals surface area contributed by atoms with Gasteiger partial charge in [-0.15, -0.1) is 0 Å². The summed E-state index contributed by atoms with van der Waals surface area (Å²) in [5, 5.41) is 2.95. The van der Waals surface area contributed by atoms with E-state index in [-0.39, 0.29) is 5.91 Å². The van der Waals surface area contributed by atoms with E-state index in [1.54, 1.807) is 12.4 Å². The lowest BCUT2D eigenvalue weighted by atomic mass is 10.1. The molecule has 1 fully saturated rings. The van der Waals surface area contributed by atoms with Gasteiger partial charge in [0.1, 0.15) is 11.5 Å². The maximum absolute atomic E-state index is 12.5. The fourth-order valence-electron chi connectivity index (χ4n) is 3.08. The molecule has 1 aliphatic rings. The van der Waals surface area contributed by atoms with E-state index in [1.807, 2.05) is 32.0 Å². The first-order chi connectivity index (χ1) is 12.1. The largest absolute Gasteiger partial charge is 0.353 e. The van der Waals surface area contributed by atoms with Gasteiger partial charge in [0.25, 0.3) is 5.91 Å². The monoisotopic (exact) mass is 339 g/mol. The van der Waals surface area contributed by atoms with Gasteiger partial charge < -0.3 is 15.1 Å². The van der Waals surface area contributed by atoms with Gasteiger partial charge in [-0.25, -0.2) is 9.97 Å². The van der Waals surface area contributed by atoms with Gasteiger partial charge in [-0.05, 0) is 31.5 Å². The van der Waals surface area contributed by atoms with Crippen LogP contribution in [0.2, 0.25) is 0 Å². The minimum atomic E-state index is -0.229. The number of likely N-dealkylation sites (N-methyl/N-ethyl adjacent to an activating group) is 1. The molecule has 0 saturated carbocycles. The summed E-state index contributed by atoms with van der Waals surface area (Å²) in [5.41, 5.74) is 3.24. The van der Waals surface area contributed by atoms with Gasteiger partial charge in [-0.1, -0.05) is 25.1 Å². The molecule has 0 radical (unpaired) electrons. The Bertz CT molecular complexity index is 716. The number of nitrogens with one attached hydrogen (secondary N) is 1. The van der Waals surface area contributed by atoms with Crippen LogP contribution < -0.4 is 10.2 Å². The number of nitrogens with zero attached hydrogens (tertiary/aromatic N) is 4. The molecule has 25 heavy (non-hydrogen) atoms. The first-order valence-electron chi connectivity index (χ1n) is 8.75. The van der Waals surface area contributed by atoms with Crippen LogP contribution in [0.25, 0.3) is 0 Å². The molecule has 1 amide bonds. The van der Waals surface area contributed by atoms with E-state index in [9.17, 15) is 4.79 Å². The fraction of sp³-hybridized carbons (Fsp3) is 0.421. The van der Waals surface area contributed by atoms with Crippen molar-refractivity contribution >= 4 is 17.4 Å². The summed E-state index contributed by atoms with van der Waals surface area (Å²) in [7, 11) is 0. The smallest absolute Gasteiger partial charge is 0.275 e. The van der Waals surface area contributed by atoms with E-state index < -0.39 is 0 Å². The highest BCUT2D eigenvalue weighted by Gasteiger charge is 2.18. The molecule has 132 valence electrons. The van der Waals surface area contributed by atoms with E-state index in [1.165, 1.54) is 0 Å². The third-order valence-corrected chi connectivity index (χ3v) is 4.73. The molecule has 6 nitrogen and oxygen atoms in total. The van der Waals surface area contributed by atoms with Crippen molar-refractivity contribution in [3.63, 3.8) is 0 Å². The topological polar surface area (TPSA) is 61.4 Å². The highest BCUT2D eigenvalue weighted by Crippen LogP contribution is 2.20. The van der Waals surface area contributed by atoms with Gasteiger partial charge in [0.05, 0.1) is 12.4 Å². The van der Waals surface area contributed by atoms with E-state index >= 15 is 0 Å². The summed E-state index contributed by atoms with van der Waals surface area (Å²) >= 11 is 0. The van der Waals surface area contributed by atoms with Crippen LogP contribution in [0.15, 0.2) is 30.6 Å². The van der Waals surface area contributed by atoms with Crippen LogP contribution in [0, 0.1) is 13.8 Å². The SMILES string of the molecule is CCN1CCN(c2cnc(C(=O)Nc3c(C)cccc3C)cn2)CC1. The lowest BCUT2D eigenvalue weighted by molar-refractivity contribution is 0.102. The normalized spacial score (nSPS) is 15.2. The summed E-state index contributed by atoms with van der Waals surface area (Å²) in [5.74, 6) is 0.603. The predicted molar refractivity (Wildman–Crippen MR) is 100 cm³/mol. The Morgan fingerprint density at radius 2 is 1.76 bits per heavy atom. The van der Waals surface area contributed by atoms with Crippen molar-refractivity contribution in [2.24, 2.45) is 0 Å². The number of piperazine rings is 1. The number of hydrogen-bond acceptors (Lipinski definition) is 5. The first-order valence-corrected chi connectivity index (χ1v) is 8.75. The number of carbonyl (C=O) groups excluding carboxylic acids is 1. The Labute approximate surface area is 148 Å². The number of carbonyl (C=O) groups is 1. The molecular formula is C19H25N5O. The second-order valence-corrected chi connectivity index (χ2v) is 6.40. The average Bonchev–Trinajstić information content (AvgIpc) is 2.65. The van der Waals surface area contributed by atoms with Crippen LogP contribution in [0.4, 0.5) is 11.5 Å². The number of amides is 1. The van der Waals surface area contributed by atoms with Gasteiger partial charge in [-0.2, -0.15) is 0 Å². The fourth-order valence-corrected chi connectivity index (χ4v) is 3.08. The van der Waals surface area contributed by atoms with Gasteiger partial charge in [0, 0.05) is 31.9 Å². The third-order valence-electron chi connectivity index (χ3n) is 4.73. The van der Waals surface area contributed by atoms with Gasteiger partial charge in [-0.3, -0.25) is 4.79 Å². The van der Waals surface area contributed by atoms with E-state index in [0.717, 1.165) is 55.4 Å². The zero-order valence-corrected chi connectivity index (χ0v) is 15.1. The lowest BCUT2D eigenvalue weighted by Gasteiger charge is -2.34. The van der Waals surface area contributed by atoms with Gasteiger partial charge in [0.2, 0.25) is 0 Å². The van der Waals surface area contributed by atoms with E-state index in [4.69, 9.17) is 0 Å². The van der Waals surface area contributed by atoms with E-state index in [2.05, 4.69) is 32.0 Å². The summed E-state index contributed by atoms with van der Waals surface area (Å²) in [4.78, 5) is 25.8. The van der Waals surface area contributed by atoms with Crippen molar-refractivity contribution in [3.8, 4) is 0 Å². The highest BCUT2D eigenvalue weighted by molar-refractivity contribution is 6.03. The van der Waals surface area contributed by atoms with Crippen LogP contribution in [0.5, 0.6) is 0 Å². The van der Waals surface area contributed by atoms with Crippen molar-refractivity contribution < 1.29 is 4.79 Å². The number of para-hydroxylation sites is 1. The summed E-state index contributed by atoms with van der Waals surface area (Å²) < 4.78 is 0. The number of rotatable bonds is 4. The molecule has 1 saturated heterocycles. The third kappa shape index (κ3) is 3.96. The van der Waals surface area contributed by atoms with Crippen molar-refractivity contribution in [1.82, 2.24) is 14.9 Å².